The van der Waals surface area contributed by atoms with Crippen LogP contribution >= 0.6 is 12.4 Å². The van der Waals surface area contributed by atoms with Gasteiger partial charge in [-0.1, -0.05) is 18.2 Å². The summed E-state index contributed by atoms with van der Waals surface area (Å²) in [5.41, 5.74) is 5.99. The fraction of sp³-hybridized carbons (Fsp3) is 0.222. The van der Waals surface area contributed by atoms with E-state index in [0.717, 1.165) is 5.69 Å². The Kier molecular flexibility index (Phi) is 4.92. The van der Waals surface area contributed by atoms with E-state index >= 15 is 0 Å². The molecule has 13 heavy (non-hydrogen) atoms. The molecule has 1 amide bonds. The topological polar surface area (TPSA) is 55.1 Å². The first-order chi connectivity index (χ1) is 5.70. The highest BCUT2D eigenvalue weighted by molar-refractivity contribution is 5.85. The summed E-state index contributed by atoms with van der Waals surface area (Å²) in [6, 6.07) is 9.16. The number of amides is 1. The number of para-hydroxylation sites is 1. The molecule has 4 heteroatoms. The van der Waals surface area contributed by atoms with Crippen LogP contribution in [0.5, 0.6) is 0 Å². The number of carbonyl (C=O) groups is 1. The van der Waals surface area contributed by atoms with Gasteiger partial charge in [-0.15, -0.1) is 12.4 Å². The number of hydrogen-bond acceptors (Lipinski definition) is 2. The second-order valence-corrected chi connectivity index (χ2v) is 2.63. The summed E-state index contributed by atoms with van der Waals surface area (Å²) >= 11 is 0. The molecule has 0 unspecified atom stereocenters. The van der Waals surface area contributed by atoms with Crippen LogP contribution in [0.1, 0.15) is 6.92 Å². The van der Waals surface area contributed by atoms with E-state index in [0.29, 0.717) is 0 Å². The van der Waals surface area contributed by atoms with Gasteiger partial charge in [0.2, 0.25) is 5.91 Å². The molecule has 1 rings (SSSR count). The van der Waals surface area contributed by atoms with Crippen molar-refractivity contribution in [3.05, 3.63) is 30.3 Å². The highest BCUT2D eigenvalue weighted by atomic mass is 35.5. The number of anilines is 1. The van der Waals surface area contributed by atoms with Gasteiger partial charge in [-0.2, -0.15) is 0 Å². The Labute approximate surface area is 83.7 Å². The van der Waals surface area contributed by atoms with E-state index in [1.807, 2.05) is 30.3 Å². The Morgan fingerprint density at radius 2 is 1.92 bits per heavy atom. The first-order valence-electron chi connectivity index (χ1n) is 3.81. The monoisotopic (exact) mass is 200 g/mol. The molecule has 0 fully saturated rings. The number of nitrogens with one attached hydrogen (secondary N) is 1. The van der Waals surface area contributed by atoms with E-state index in [-0.39, 0.29) is 24.4 Å². The maximum atomic E-state index is 10.7. The normalized spacial score (nSPS) is 11.2. The number of nitrogens with two attached hydrogens (primary N) is 1. The van der Waals surface area contributed by atoms with Crippen molar-refractivity contribution in [1.29, 1.82) is 0 Å². The Hall–Kier alpha value is -1.22. The van der Waals surface area contributed by atoms with Gasteiger partial charge in [0.05, 0.1) is 0 Å². The molecule has 0 spiro atoms. The van der Waals surface area contributed by atoms with Crippen molar-refractivity contribution < 1.29 is 4.79 Å². The zero-order valence-corrected chi connectivity index (χ0v) is 8.17. The minimum absolute atomic E-state index is 0. The van der Waals surface area contributed by atoms with Crippen LogP contribution in [0.3, 0.4) is 0 Å². The van der Waals surface area contributed by atoms with Crippen LogP contribution in [0, 0.1) is 0 Å². The molecule has 3 N–H and O–H groups in total. The summed E-state index contributed by atoms with van der Waals surface area (Å²) in [6.45, 7) is 1.73. The number of primary amides is 1. The molecule has 0 saturated heterocycles. The van der Waals surface area contributed by atoms with Crippen LogP contribution in [0.15, 0.2) is 30.3 Å². The van der Waals surface area contributed by atoms with Gasteiger partial charge in [0.15, 0.2) is 0 Å². The lowest BCUT2D eigenvalue weighted by molar-refractivity contribution is -0.118. The van der Waals surface area contributed by atoms with Gasteiger partial charge in [0.1, 0.15) is 6.04 Å². The van der Waals surface area contributed by atoms with Crippen molar-refractivity contribution in [1.82, 2.24) is 0 Å². The molecular formula is C9H13ClN2O. The van der Waals surface area contributed by atoms with Crippen LogP contribution in [-0.2, 0) is 4.79 Å². The van der Waals surface area contributed by atoms with Crippen LogP contribution in [0.25, 0.3) is 0 Å². The third-order valence-corrected chi connectivity index (χ3v) is 1.58. The van der Waals surface area contributed by atoms with Gasteiger partial charge in [0.25, 0.3) is 0 Å². The molecule has 72 valence electrons. The molecule has 1 aromatic carbocycles. The molecular weight excluding hydrogens is 188 g/mol. The van der Waals surface area contributed by atoms with Gasteiger partial charge in [-0.05, 0) is 19.1 Å². The second kappa shape index (κ2) is 5.43. The molecule has 0 heterocycles. The number of hydrogen-bond donors (Lipinski definition) is 2. The number of benzene rings is 1. The quantitative estimate of drug-likeness (QED) is 0.775. The van der Waals surface area contributed by atoms with Gasteiger partial charge in [-0.3, -0.25) is 4.79 Å². The Balaban J connectivity index is 0.00000144. The molecule has 0 aliphatic carbocycles. The fourth-order valence-corrected chi connectivity index (χ4v) is 0.856. The Morgan fingerprint density at radius 1 is 1.38 bits per heavy atom. The maximum Gasteiger partial charge on any atom is 0.239 e. The zero-order valence-electron chi connectivity index (χ0n) is 7.36. The van der Waals surface area contributed by atoms with Crippen LogP contribution < -0.4 is 11.1 Å². The largest absolute Gasteiger partial charge is 0.374 e. The van der Waals surface area contributed by atoms with E-state index in [4.69, 9.17) is 5.73 Å². The summed E-state index contributed by atoms with van der Waals surface area (Å²) in [5.74, 6) is -0.348. The molecule has 3 nitrogen and oxygen atoms in total. The first-order valence-corrected chi connectivity index (χ1v) is 3.81. The lowest BCUT2D eigenvalue weighted by Crippen LogP contribution is -2.32. The smallest absolute Gasteiger partial charge is 0.239 e. The maximum absolute atomic E-state index is 10.7. The van der Waals surface area contributed by atoms with Crippen LogP contribution in [0.4, 0.5) is 5.69 Å². The lowest BCUT2D eigenvalue weighted by Gasteiger charge is -2.10. The molecule has 1 atom stereocenters. The highest BCUT2D eigenvalue weighted by Gasteiger charge is 2.06. The zero-order chi connectivity index (χ0) is 8.97. The summed E-state index contributed by atoms with van der Waals surface area (Å²) in [7, 11) is 0. The lowest BCUT2D eigenvalue weighted by atomic mass is 10.2. The van der Waals surface area contributed by atoms with Gasteiger partial charge >= 0.3 is 0 Å². The van der Waals surface area contributed by atoms with Gasteiger partial charge in [0, 0.05) is 5.69 Å². The fourth-order valence-electron chi connectivity index (χ4n) is 0.856. The van der Waals surface area contributed by atoms with Crippen molar-refractivity contribution in [2.45, 2.75) is 13.0 Å². The molecule has 0 saturated carbocycles. The van der Waals surface area contributed by atoms with Crippen LogP contribution in [-0.4, -0.2) is 11.9 Å². The Morgan fingerprint density at radius 3 is 2.38 bits per heavy atom. The average molecular weight is 201 g/mol. The first kappa shape index (κ1) is 11.8. The number of halogens is 1. The third kappa shape index (κ3) is 3.80. The molecule has 1 aromatic rings. The van der Waals surface area contributed by atoms with Gasteiger partial charge in [-0.25, -0.2) is 0 Å². The predicted molar refractivity (Wildman–Crippen MR) is 56.0 cm³/mol. The Bertz CT molecular complexity index is 264. The van der Waals surface area contributed by atoms with Crippen molar-refractivity contribution in [2.24, 2.45) is 5.73 Å². The molecule has 0 aromatic heterocycles. The van der Waals surface area contributed by atoms with Gasteiger partial charge < -0.3 is 11.1 Å². The minimum Gasteiger partial charge on any atom is -0.374 e. The number of rotatable bonds is 3. The molecule has 0 aliphatic rings. The molecule has 0 bridgehead atoms. The molecule has 0 radical (unpaired) electrons. The minimum atomic E-state index is -0.348. The van der Waals surface area contributed by atoms with E-state index in [9.17, 15) is 4.79 Å². The van der Waals surface area contributed by atoms with Crippen molar-refractivity contribution >= 4 is 24.0 Å². The average Bonchev–Trinajstić information content (AvgIpc) is 2.06. The van der Waals surface area contributed by atoms with Crippen LogP contribution in [0.2, 0.25) is 0 Å². The summed E-state index contributed by atoms with van der Waals surface area (Å²) in [5, 5.41) is 2.97. The predicted octanol–water partition coefficient (Wildman–Crippen LogP) is 1.39. The third-order valence-electron chi connectivity index (χ3n) is 1.58. The van der Waals surface area contributed by atoms with E-state index in [1.165, 1.54) is 0 Å². The number of carbonyl (C=O) groups excluding carboxylic acids is 1. The summed E-state index contributed by atoms with van der Waals surface area (Å²) < 4.78 is 0. The SMILES string of the molecule is C[C@@H](Nc1ccccc1)C(N)=O.Cl. The summed E-state index contributed by atoms with van der Waals surface area (Å²) in [6.07, 6.45) is 0. The van der Waals surface area contributed by atoms with E-state index < -0.39 is 0 Å². The van der Waals surface area contributed by atoms with Crippen molar-refractivity contribution in [3.63, 3.8) is 0 Å². The highest BCUT2D eigenvalue weighted by Crippen LogP contribution is 2.06. The van der Waals surface area contributed by atoms with E-state index in [1.54, 1.807) is 6.92 Å². The summed E-state index contributed by atoms with van der Waals surface area (Å²) in [4.78, 5) is 10.7. The van der Waals surface area contributed by atoms with Crippen molar-refractivity contribution in [3.8, 4) is 0 Å². The second-order valence-electron chi connectivity index (χ2n) is 2.63. The van der Waals surface area contributed by atoms with Crippen molar-refractivity contribution in [2.75, 3.05) is 5.32 Å². The standard InChI is InChI=1S/C9H12N2O.ClH/c1-7(9(10)12)11-8-5-3-2-4-6-8;/h2-7,11H,1H3,(H2,10,12);1H/t7-;/m1./s1. The van der Waals surface area contributed by atoms with E-state index in [2.05, 4.69) is 5.32 Å². The molecule has 0 aliphatic heterocycles.